The van der Waals surface area contributed by atoms with E-state index in [1.807, 2.05) is 0 Å². The highest BCUT2D eigenvalue weighted by molar-refractivity contribution is 7.92. The number of anilines is 1. The molecule has 0 saturated carbocycles. The number of amides is 1. The highest BCUT2D eigenvalue weighted by atomic mass is 35.5. The van der Waals surface area contributed by atoms with Gasteiger partial charge >= 0.3 is 0 Å². The van der Waals surface area contributed by atoms with E-state index < -0.39 is 15.9 Å². The zero-order valence-corrected chi connectivity index (χ0v) is 13.7. The molecule has 1 rings (SSSR count). The molecule has 0 atom stereocenters. The van der Waals surface area contributed by atoms with Crippen molar-refractivity contribution in [1.82, 2.24) is 5.32 Å². The van der Waals surface area contributed by atoms with Crippen LogP contribution in [0.3, 0.4) is 0 Å². The van der Waals surface area contributed by atoms with Gasteiger partial charge in [0.05, 0.1) is 31.2 Å². The fourth-order valence-corrected chi connectivity index (χ4v) is 2.71. The number of methoxy groups -OCH3 is 2. The Balaban J connectivity index is 3.45. The van der Waals surface area contributed by atoms with Crippen LogP contribution in [0.25, 0.3) is 0 Å². The van der Waals surface area contributed by atoms with Crippen molar-refractivity contribution in [3.8, 4) is 11.5 Å². The summed E-state index contributed by atoms with van der Waals surface area (Å²) in [5.41, 5.74) is 0.171. The summed E-state index contributed by atoms with van der Waals surface area (Å²) in [5, 5.41) is 2.64. The highest BCUT2D eigenvalue weighted by Crippen LogP contribution is 2.38. The minimum atomic E-state index is -3.70. The van der Waals surface area contributed by atoms with Gasteiger partial charge in [-0.05, 0) is 0 Å². The van der Waals surface area contributed by atoms with Crippen LogP contribution >= 0.6 is 11.6 Å². The summed E-state index contributed by atoms with van der Waals surface area (Å²) in [6.07, 6.45) is 0.996. The molecule has 9 heteroatoms. The molecule has 0 saturated heterocycles. The summed E-state index contributed by atoms with van der Waals surface area (Å²) in [5.74, 6) is 0.0320. The standard InChI is InChI=1S/C12H17ClN2O5S/c1-14-12(16)7-15(21(4,17)18)9-6-10(19-2)8(13)5-11(9)20-3/h5-6H,7H2,1-4H3,(H,14,16). The van der Waals surface area contributed by atoms with Gasteiger partial charge in [0.1, 0.15) is 18.0 Å². The monoisotopic (exact) mass is 336 g/mol. The third-order valence-corrected chi connectivity index (χ3v) is 4.11. The quantitative estimate of drug-likeness (QED) is 0.833. The molecule has 0 unspecified atom stereocenters. The number of hydrogen-bond donors (Lipinski definition) is 1. The van der Waals surface area contributed by atoms with Gasteiger partial charge in [0.2, 0.25) is 15.9 Å². The van der Waals surface area contributed by atoms with Gasteiger partial charge in [-0.1, -0.05) is 11.6 Å². The molecule has 0 aliphatic carbocycles. The third kappa shape index (κ3) is 4.15. The second-order valence-corrected chi connectivity index (χ2v) is 6.42. The lowest BCUT2D eigenvalue weighted by molar-refractivity contribution is -0.119. The van der Waals surface area contributed by atoms with Gasteiger partial charge in [-0.3, -0.25) is 9.10 Å². The lowest BCUT2D eigenvalue weighted by Crippen LogP contribution is -2.39. The third-order valence-electron chi connectivity index (χ3n) is 2.69. The highest BCUT2D eigenvalue weighted by Gasteiger charge is 2.25. The number of rotatable bonds is 6. The Morgan fingerprint density at radius 2 is 1.86 bits per heavy atom. The van der Waals surface area contributed by atoms with E-state index in [9.17, 15) is 13.2 Å². The van der Waals surface area contributed by atoms with Gasteiger partial charge in [0.15, 0.2) is 0 Å². The number of hydrogen-bond acceptors (Lipinski definition) is 5. The number of benzene rings is 1. The first-order valence-corrected chi connectivity index (χ1v) is 8.07. The van der Waals surface area contributed by atoms with Crippen molar-refractivity contribution >= 4 is 33.2 Å². The van der Waals surface area contributed by atoms with Crippen molar-refractivity contribution in [2.75, 3.05) is 38.4 Å². The molecule has 0 aromatic heterocycles. The van der Waals surface area contributed by atoms with E-state index in [0.717, 1.165) is 10.6 Å². The molecule has 1 aromatic carbocycles. The zero-order chi connectivity index (χ0) is 16.2. The Hall–Kier alpha value is -1.67. The maximum Gasteiger partial charge on any atom is 0.240 e. The number of sulfonamides is 1. The van der Waals surface area contributed by atoms with Gasteiger partial charge in [-0.25, -0.2) is 8.42 Å². The minimum absolute atomic E-state index is 0.171. The Morgan fingerprint density at radius 3 is 2.29 bits per heavy atom. The van der Waals surface area contributed by atoms with E-state index in [0.29, 0.717) is 0 Å². The van der Waals surface area contributed by atoms with Gasteiger partial charge in [0.25, 0.3) is 0 Å². The normalized spacial score (nSPS) is 10.9. The van der Waals surface area contributed by atoms with E-state index in [1.54, 1.807) is 0 Å². The molecule has 0 fully saturated rings. The fourth-order valence-electron chi connectivity index (χ4n) is 1.63. The summed E-state index contributed by atoms with van der Waals surface area (Å²) >= 11 is 5.98. The summed E-state index contributed by atoms with van der Waals surface area (Å²) in [4.78, 5) is 11.5. The number of likely N-dealkylation sites (N-methyl/N-ethyl adjacent to an activating group) is 1. The number of nitrogens with one attached hydrogen (secondary N) is 1. The predicted molar refractivity (Wildman–Crippen MR) is 80.8 cm³/mol. The van der Waals surface area contributed by atoms with Crippen LogP contribution in [0.1, 0.15) is 0 Å². The second kappa shape index (κ2) is 6.86. The van der Waals surface area contributed by atoms with Gasteiger partial charge in [0, 0.05) is 19.2 Å². The molecule has 7 nitrogen and oxygen atoms in total. The number of nitrogens with zero attached hydrogens (tertiary/aromatic N) is 1. The maximum absolute atomic E-state index is 12.0. The smallest absolute Gasteiger partial charge is 0.240 e. The van der Waals surface area contributed by atoms with Crippen LogP contribution in [0.4, 0.5) is 5.69 Å². The van der Waals surface area contributed by atoms with E-state index in [4.69, 9.17) is 21.1 Å². The Kier molecular flexibility index (Phi) is 5.68. The number of carbonyl (C=O) groups excluding carboxylic acids is 1. The second-order valence-electron chi connectivity index (χ2n) is 4.10. The molecule has 0 heterocycles. The van der Waals surface area contributed by atoms with Crippen molar-refractivity contribution < 1.29 is 22.7 Å². The molecular formula is C12H17ClN2O5S. The number of halogens is 1. The molecule has 0 aliphatic rings. The average molecular weight is 337 g/mol. The van der Waals surface area contributed by atoms with Crippen LogP contribution in [0.5, 0.6) is 11.5 Å². The predicted octanol–water partition coefficient (Wildman–Crippen LogP) is 0.869. The lowest BCUT2D eigenvalue weighted by Gasteiger charge is -2.24. The Bertz CT molecular complexity index is 633. The van der Waals surface area contributed by atoms with E-state index in [1.165, 1.54) is 33.4 Å². The first-order valence-electron chi connectivity index (χ1n) is 5.84. The summed E-state index contributed by atoms with van der Waals surface area (Å²) in [6.45, 7) is -0.378. The van der Waals surface area contributed by atoms with E-state index in [2.05, 4.69) is 5.32 Å². The molecule has 0 radical (unpaired) electrons. The molecule has 0 bridgehead atoms. The van der Waals surface area contributed by atoms with Crippen LogP contribution < -0.4 is 19.1 Å². The van der Waals surface area contributed by atoms with Gasteiger partial charge in [-0.15, -0.1) is 0 Å². The SMILES string of the molecule is CNC(=O)CN(c1cc(OC)c(Cl)cc1OC)S(C)(=O)=O. The first kappa shape index (κ1) is 17.4. The Morgan fingerprint density at radius 1 is 1.29 bits per heavy atom. The molecule has 1 N–H and O–H groups in total. The minimum Gasteiger partial charge on any atom is -0.495 e. The largest absolute Gasteiger partial charge is 0.495 e. The average Bonchev–Trinajstić information content (AvgIpc) is 2.43. The van der Waals surface area contributed by atoms with E-state index in [-0.39, 0.29) is 28.8 Å². The molecular weight excluding hydrogens is 320 g/mol. The molecule has 0 aliphatic heterocycles. The van der Waals surface area contributed by atoms with Crippen LogP contribution in [-0.4, -0.2) is 48.4 Å². The molecule has 118 valence electrons. The topological polar surface area (TPSA) is 84.9 Å². The molecule has 1 amide bonds. The first-order chi connectivity index (χ1) is 9.74. The van der Waals surface area contributed by atoms with Crippen molar-refractivity contribution in [2.45, 2.75) is 0 Å². The van der Waals surface area contributed by atoms with Gasteiger partial charge in [-0.2, -0.15) is 0 Å². The van der Waals surface area contributed by atoms with Crippen molar-refractivity contribution in [2.24, 2.45) is 0 Å². The van der Waals surface area contributed by atoms with Crippen molar-refractivity contribution in [3.63, 3.8) is 0 Å². The van der Waals surface area contributed by atoms with Crippen molar-refractivity contribution in [1.29, 1.82) is 0 Å². The lowest BCUT2D eigenvalue weighted by atomic mass is 10.2. The van der Waals surface area contributed by atoms with Crippen LogP contribution in [0.15, 0.2) is 12.1 Å². The summed E-state index contributed by atoms with van der Waals surface area (Å²) in [7, 11) is 0.500. The fraction of sp³-hybridized carbons (Fsp3) is 0.417. The van der Waals surface area contributed by atoms with Crippen LogP contribution in [0.2, 0.25) is 5.02 Å². The molecule has 21 heavy (non-hydrogen) atoms. The molecule has 1 aromatic rings. The number of carbonyl (C=O) groups is 1. The van der Waals surface area contributed by atoms with Gasteiger partial charge < -0.3 is 14.8 Å². The maximum atomic E-state index is 12.0. The summed E-state index contributed by atoms with van der Waals surface area (Å²) < 4.78 is 35.0. The zero-order valence-electron chi connectivity index (χ0n) is 12.1. The van der Waals surface area contributed by atoms with Crippen LogP contribution in [-0.2, 0) is 14.8 Å². The van der Waals surface area contributed by atoms with Crippen molar-refractivity contribution in [3.05, 3.63) is 17.2 Å². The Labute approximate surface area is 128 Å². The molecule has 0 spiro atoms. The number of ether oxygens (including phenoxy) is 2. The van der Waals surface area contributed by atoms with E-state index >= 15 is 0 Å². The van der Waals surface area contributed by atoms with Crippen LogP contribution in [0, 0.1) is 0 Å². The summed E-state index contributed by atoms with van der Waals surface area (Å²) in [6, 6.07) is 2.84.